The summed E-state index contributed by atoms with van der Waals surface area (Å²) < 4.78 is 37.8. The van der Waals surface area contributed by atoms with E-state index in [2.05, 4.69) is 15.5 Å². The Hall–Kier alpha value is -3.27. The van der Waals surface area contributed by atoms with Crippen molar-refractivity contribution < 1.29 is 17.7 Å². The molecule has 1 saturated heterocycles. The molecule has 1 aliphatic rings. The summed E-state index contributed by atoms with van der Waals surface area (Å²) in [4.78, 5) is 4.73. The Morgan fingerprint density at radius 3 is 2.44 bits per heavy atom. The number of fused-ring (bicyclic) bond motifs is 1. The molecule has 5 rings (SSSR count). The van der Waals surface area contributed by atoms with Crippen LogP contribution in [0.15, 0.2) is 70.2 Å². The number of rotatable bonds is 5. The quantitative estimate of drug-likeness (QED) is 0.491. The van der Waals surface area contributed by atoms with Crippen LogP contribution in [0.3, 0.4) is 0 Å². The molecule has 4 aromatic rings. The third-order valence-electron chi connectivity index (χ3n) is 5.42. The van der Waals surface area contributed by atoms with Crippen LogP contribution in [0.4, 0.5) is 11.6 Å². The van der Waals surface area contributed by atoms with Crippen molar-refractivity contribution in [2.45, 2.75) is 11.8 Å². The molecule has 0 amide bonds. The number of nitrogens with one attached hydrogen (secondary N) is 1. The van der Waals surface area contributed by atoms with Crippen molar-refractivity contribution in [2.24, 2.45) is 0 Å². The van der Waals surface area contributed by atoms with E-state index in [9.17, 15) is 8.42 Å². The van der Waals surface area contributed by atoms with Crippen LogP contribution in [-0.4, -0.2) is 49.2 Å². The third kappa shape index (κ3) is 3.97. The van der Waals surface area contributed by atoms with Gasteiger partial charge in [-0.3, -0.25) is 4.98 Å². The highest BCUT2D eigenvalue weighted by Gasteiger charge is 2.26. The van der Waals surface area contributed by atoms with Gasteiger partial charge in [-0.25, -0.2) is 8.42 Å². The van der Waals surface area contributed by atoms with Crippen molar-refractivity contribution in [1.29, 1.82) is 0 Å². The van der Waals surface area contributed by atoms with Crippen molar-refractivity contribution in [3.63, 3.8) is 0 Å². The molecule has 0 unspecified atom stereocenters. The number of benzene rings is 2. The molecule has 1 aliphatic heterocycles. The molecule has 32 heavy (non-hydrogen) atoms. The number of hydrogen-bond acceptors (Lipinski definition) is 7. The van der Waals surface area contributed by atoms with Gasteiger partial charge in [0.1, 0.15) is 0 Å². The van der Waals surface area contributed by atoms with E-state index in [1.54, 1.807) is 18.3 Å². The highest BCUT2D eigenvalue weighted by molar-refractivity contribution is 7.89. The largest absolute Gasteiger partial charge is 0.379 e. The van der Waals surface area contributed by atoms with Crippen LogP contribution in [0.1, 0.15) is 5.69 Å². The summed E-state index contributed by atoms with van der Waals surface area (Å²) in [6.45, 7) is 3.46. The number of nitrogens with zero attached hydrogens (tertiary/aromatic N) is 3. The van der Waals surface area contributed by atoms with E-state index in [1.807, 2.05) is 49.4 Å². The Kier molecular flexibility index (Phi) is 5.38. The standard InChI is InChI=1S/C23H22N4O4S/c1-16-14-23(31-26-16)25-22-8-9-24-21-7-4-18(15-20(21)22)17-2-5-19(6-3-17)32(28,29)27-10-12-30-13-11-27/h2-9,14-15H,10-13H2,1H3,(H,24,25). The van der Waals surface area contributed by atoms with Crippen LogP contribution in [0.25, 0.3) is 22.0 Å². The van der Waals surface area contributed by atoms with Crippen LogP contribution in [0.2, 0.25) is 0 Å². The number of aromatic nitrogens is 2. The van der Waals surface area contributed by atoms with Gasteiger partial charge < -0.3 is 14.6 Å². The second-order valence-electron chi connectivity index (χ2n) is 7.59. The maximum Gasteiger partial charge on any atom is 0.243 e. The van der Waals surface area contributed by atoms with Gasteiger partial charge in [-0.1, -0.05) is 23.4 Å². The SMILES string of the molecule is Cc1cc(Nc2ccnc3ccc(-c4ccc(S(=O)(=O)N5CCOCC5)cc4)cc23)on1. The van der Waals surface area contributed by atoms with Gasteiger partial charge in [0, 0.05) is 30.7 Å². The monoisotopic (exact) mass is 450 g/mol. The number of pyridine rings is 1. The van der Waals surface area contributed by atoms with Gasteiger partial charge in [0.15, 0.2) is 0 Å². The molecule has 0 radical (unpaired) electrons. The lowest BCUT2D eigenvalue weighted by Crippen LogP contribution is -2.40. The summed E-state index contributed by atoms with van der Waals surface area (Å²) in [6.07, 6.45) is 1.73. The number of anilines is 2. The molecule has 0 bridgehead atoms. The highest BCUT2D eigenvalue weighted by Crippen LogP contribution is 2.31. The molecular formula is C23H22N4O4S. The summed E-state index contributed by atoms with van der Waals surface area (Å²) in [5, 5.41) is 8.08. The van der Waals surface area contributed by atoms with Crippen molar-refractivity contribution >= 4 is 32.5 Å². The number of hydrogen-bond donors (Lipinski definition) is 1. The zero-order valence-corrected chi connectivity index (χ0v) is 18.3. The Morgan fingerprint density at radius 2 is 1.72 bits per heavy atom. The average molecular weight is 451 g/mol. The van der Waals surface area contributed by atoms with Gasteiger partial charge >= 0.3 is 0 Å². The summed E-state index contributed by atoms with van der Waals surface area (Å²) in [5.41, 5.74) is 4.34. The lowest BCUT2D eigenvalue weighted by Gasteiger charge is -2.26. The fraction of sp³-hybridized carbons (Fsp3) is 0.217. The van der Waals surface area contributed by atoms with E-state index in [0.717, 1.165) is 33.4 Å². The van der Waals surface area contributed by atoms with E-state index in [4.69, 9.17) is 9.26 Å². The molecule has 0 spiro atoms. The Bertz CT molecular complexity index is 1360. The maximum absolute atomic E-state index is 12.9. The van der Waals surface area contributed by atoms with Crippen LogP contribution >= 0.6 is 0 Å². The molecular weight excluding hydrogens is 428 g/mol. The molecule has 1 N–H and O–H groups in total. The van der Waals surface area contributed by atoms with Crippen LogP contribution in [0, 0.1) is 6.92 Å². The Balaban J connectivity index is 1.46. The van der Waals surface area contributed by atoms with Crippen LogP contribution in [0.5, 0.6) is 0 Å². The van der Waals surface area contributed by atoms with E-state index in [1.165, 1.54) is 4.31 Å². The summed E-state index contributed by atoms with van der Waals surface area (Å²) in [5.74, 6) is 0.554. The third-order valence-corrected chi connectivity index (χ3v) is 7.34. The van der Waals surface area contributed by atoms with Crippen molar-refractivity contribution in [3.05, 3.63) is 66.5 Å². The summed E-state index contributed by atoms with van der Waals surface area (Å²) >= 11 is 0. The fourth-order valence-electron chi connectivity index (χ4n) is 3.75. The lowest BCUT2D eigenvalue weighted by molar-refractivity contribution is 0.0730. The van der Waals surface area contributed by atoms with Crippen molar-refractivity contribution in [3.8, 4) is 11.1 Å². The molecule has 8 nitrogen and oxygen atoms in total. The van der Waals surface area contributed by atoms with Crippen LogP contribution < -0.4 is 5.32 Å². The van der Waals surface area contributed by atoms with Crippen molar-refractivity contribution in [2.75, 3.05) is 31.6 Å². The van der Waals surface area contributed by atoms with Gasteiger partial charge in [-0.05, 0) is 48.4 Å². The minimum atomic E-state index is -3.52. The molecule has 164 valence electrons. The number of sulfonamides is 1. The summed E-state index contributed by atoms with van der Waals surface area (Å²) in [7, 11) is -3.52. The number of aryl methyl sites for hydroxylation is 1. The highest BCUT2D eigenvalue weighted by atomic mass is 32.2. The number of ether oxygens (including phenoxy) is 1. The zero-order chi connectivity index (χ0) is 22.1. The second kappa shape index (κ2) is 8.34. The van der Waals surface area contributed by atoms with Gasteiger partial charge in [0.05, 0.1) is 35.0 Å². The molecule has 0 saturated carbocycles. The molecule has 9 heteroatoms. The topological polar surface area (TPSA) is 97.6 Å². The molecule has 0 atom stereocenters. The Morgan fingerprint density at radius 1 is 0.969 bits per heavy atom. The van der Waals surface area contributed by atoms with Gasteiger partial charge in [0.25, 0.3) is 0 Å². The molecule has 2 aromatic carbocycles. The fourth-order valence-corrected chi connectivity index (χ4v) is 5.15. The van der Waals surface area contributed by atoms with Crippen LogP contribution in [-0.2, 0) is 14.8 Å². The minimum Gasteiger partial charge on any atom is -0.379 e. The molecule has 2 aromatic heterocycles. The molecule has 0 aliphatic carbocycles. The Labute approximate surface area is 185 Å². The first-order chi connectivity index (χ1) is 15.5. The van der Waals surface area contributed by atoms with Gasteiger partial charge in [-0.15, -0.1) is 0 Å². The first-order valence-corrected chi connectivity index (χ1v) is 11.7. The van der Waals surface area contributed by atoms with Gasteiger partial charge in [-0.2, -0.15) is 4.31 Å². The lowest BCUT2D eigenvalue weighted by atomic mass is 10.0. The predicted molar refractivity (Wildman–Crippen MR) is 121 cm³/mol. The second-order valence-corrected chi connectivity index (χ2v) is 9.53. The van der Waals surface area contributed by atoms with E-state index in [-0.39, 0.29) is 4.90 Å². The summed E-state index contributed by atoms with van der Waals surface area (Å²) in [6, 6.07) is 16.6. The number of morpholine rings is 1. The smallest absolute Gasteiger partial charge is 0.243 e. The molecule has 3 heterocycles. The molecule has 1 fully saturated rings. The maximum atomic E-state index is 12.9. The zero-order valence-electron chi connectivity index (χ0n) is 17.5. The van der Waals surface area contributed by atoms with Gasteiger partial charge in [0.2, 0.25) is 15.9 Å². The average Bonchev–Trinajstić information content (AvgIpc) is 3.24. The minimum absolute atomic E-state index is 0.286. The first-order valence-electron chi connectivity index (χ1n) is 10.3. The predicted octanol–water partition coefficient (Wildman–Crippen LogP) is 3.96. The van der Waals surface area contributed by atoms with E-state index in [0.29, 0.717) is 32.2 Å². The van der Waals surface area contributed by atoms with Crippen molar-refractivity contribution in [1.82, 2.24) is 14.4 Å². The van der Waals surface area contributed by atoms with E-state index < -0.39 is 10.0 Å². The van der Waals surface area contributed by atoms with E-state index >= 15 is 0 Å². The first kappa shape index (κ1) is 20.6. The normalized spacial score (nSPS) is 15.2.